The third-order valence-corrected chi connectivity index (χ3v) is 1.98. The molecule has 0 aromatic carbocycles. The smallest absolute Gasteiger partial charge is 0.0519 e. The maximum absolute atomic E-state index is 10.5. The number of carbonyl (C=O) groups excluding carboxylic acids is 1. The fraction of sp³-hybridized carbons (Fsp3) is 0.857. The van der Waals surface area contributed by atoms with Crippen molar-refractivity contribution in [2.75, 3.05) is 0 Å². The fourth-order valence-corrected chi connectivity index (χ4v) is 1.36. The van der Waals surface area contributed by atoms with Crippen LogP contribution in [0.15, 0.2) is 0 Å². The van der Waals surface area contributed by atoms with Crippen molar-refractivity contribution >= 4 is 5.91 Å². The molecular weight excluding hydrogens is 363 g/mol. The Kier molecular flexibility index (Phi) is 15.6. The van der Waals surface area contributed by atoms with Gasteiger partial charge in [0.1, 0.15) is 0 Å². The molecule has 0 saturated heterocycles. The first-order chi connectivity index (χ1) is 4.30. The fourth-order valence-electron chi connectivity index (χ4n) is 1.36. The van der Waals surface area contributed by atoms with Crippen LogP contribution in [0, 0.1) is 5.92 Å². The van der Waals surface area contributed by atoms with Crippen LogP contribution in [0.4, 0.5) is 0 Å². The number of hydrogen-bond donors (Lipinski definition) is 0. The van der Waals surface area contributed by atoms with E-state index in [1.54, 1.807) is 0 Å². The van der Waals surface area contributed by atoms with Crippen LogP contribution in [0.1, 0.15) is 32.1 Å². The van der Waals surface area contributed by atoms with Gasteiger partial charge in [-0.2, -0.15) is 0 Å². The standard InChI is InChI=1S/C7H13NO.2ClH.Hf/c8-7(9)6-4-2-1-3-5-6;;;/h6H,1-5H2,(H2,8,9);2*1H;/p-3. The van der Waals surface area contributed by atoms with Gasteiger partial charge in [0.2, 0.25) is 0 Å². The van der Waals surface area contributed by atoms with Crippen molar-refractivity contribution in [1.82, 2.24) is 0 Å². The molecule has 1 saturated carbocycles. The molecule has 0 radical (unpaired) electrons. The van der Waals surface area contributed by atoms with Gasteiger partial charge in [0.05, 0.1) is 5.91 Å². The van der Waals surface area contributed by atoms with Crippen LogP contribution in [0.5, 0.6) is 0 Å². The summed E-state index contributed by atoms with van der Waals surface area (Å²) in [7, 11) is 0. The van der Waals surface area contributed by atoms with E-state index in [1.165, 1.54) is 6.42 Å². The van der Waals surface area contributed by atoms with Crippen LogP contribution in [0.3, 0.4) is 0 Å². The first-order valence-electron chi connectivity index (χ1n) is 3.56. The number of halogens is 2. The van der Waals surface area contributed by atoms with E-state index in [9.17, 15) is 4.79 Å². The molecule has 0 aromatic rings. The number of amides is 1. The van der Waals surface area contributed by atoms with Crippen LogP contribution in [0.2, 0.25) is 0 Å². The van der Waals surface area contributed by atoms with Gasteiger partial charge in [-0.25, -0.2) is 0 Å². The maximum Gasteiger partial charge on any atom is 0.0519 e. The molecule has 1 aliphatic carbocycles. The van der Waals surface area contributed by atoms with E-state index in [4.69, 9.17) is 5.73 Å². The SMILES string of the molecule is [Cl-].[Cl-].[Hf].[NH-]C(=O)C1CCCCC1. The van der Waals surface area contributed by atoms with Crippen LogP contribution in [-0.4, -0.2) is 5.91 Å². The van der Waals surface area contributed by atoms with Gasteiger partial charge >= 0.3 is 0 Å². The van der Waals surface area contributed by atoms with E-state index in [-0.39, 0.29) is 62.5 Å². The van der Waals surface area contributed by atoms with Gasteiger partial charge in [0, 0.05) is 31.8 Å². The molecule has 1 N–H and O–H groups in total. The molecule has 72 valence electrons. The Balaban J connectivity index is -0.000000270. The molecule has 5 heteroatoms. The van der Waals surface area contributed by atoms with Crippen molar-refractivity contribution in [3.05, 3.63) is 5.73 Å². The number of carbonyl (C=O) groups is 1. The molecule has 0 spiro atoms. The van der Waals surface area contributed by atoms with Crippen LogP contribution in [-0.2, 0) is 30.6 Å². The van der Waals surface area contributed by atoms with Gasteiger partial charge in [-0.1, -0.05) is 19.3 Å². The van der Waals surface area contributed by atoms with Gasteiger partial charge < -0.3 is 35.3 Å². The maximum atomic E-state index is 10.5. The Morgan fingerprint density at radius 1 is 1.08 bits per heavy atom. The minimum absolute atomic E-state index is 0. The Hall–Kier alpha value is 0.920. The van der Waals surface area contributed by atoms with Crippen molar-refractivity contribution in [1.29, 1.82) is 0 Å². The zero-order chi connectivity index (χ0) is 6.69. The average molecular weight is 376 g/mol. The number of rotatable bonds is 1. The molecular formula is C7H12Cl2HfNO-3. The van der Waals surface area contributed by atoms with Gasteiger partial charge in [0.15, 0.2) is 0 Å². The summed E-state index contributed by atoms with van der Waals surface area (Å²) in [4.78, 5) is 10.5. The molecule has 12 heavy (non-hydrogen) atoms. The number of hydrogen-bond acceptors (Lipinski definition) is 1. The second-order valence-corrected chi connectivity index (χ2v) is 2.70. The molecule has 0 aliphatic heterocycles. The largest absolute Gasteiger partial charge is 1.00 e. The van der Waals surface area contributed by atoms with Crippen LogP contribution >= 0.6 is 0 Å². The third-order valence-electron chi connectivity index (χ3n) is 1.98. The van der Waals surface area contributed by atoms with Gasteiger partial charge in [-0.05, 0) is 12.8 Å². The average Bonchev–Trinajstić information content (AvgIpc) is 1.90. The van der Waals surface area contributed by atoms with E-state index in [0.29, 0.717) is 0 Å². The number of nitrogens with one attached hydrogen (secondary N) is 1. The molecule has 0 aromatic heterocycles. The van der Waals surface area contributed by atoms with E-state index in [2.05, 4.69) is 0 Å². The van der Waals surface area contributed by atoms with E-state index in [0.717, 1.165) is 25.7 Å². The summed E-state index contributed by atoms with van der Waals surface area (Å²) < 4.78 is 0. The monoisotopic (exact) mass is 376 g/mol. The Morgan fingerprint density at radius 3 is 1.75 bits per heavy atom. The topological polar surface area (TPSA) is 40.9 Å². The minimum Gasteiger partial charge on any atom is -1.00 e. The van der Waals surface area contributed by atoms with Crippen LogP contribution in [0.25, 0.3) is 5.73 Å². The van der Waals surface area contributed by atoms with Gasteiger partial charge in [0.25, 0.3) is 0 Å². The van der Waals surface area contributed by atoms with Crippen molar-refractivity contribution in [2.45, 2.75) is 32.1 Å². The second-order valence-electron chi connectivity index (χ2n) is 2.70. The summed E-state index contributed by atoms with van der Waals surface area (Å²) in [5, 5.41) is 0. The summed E-state index contributed by atoms with van der Waals surface area (Å²) in [6.07, 6.45) is 5.47. The summed E-state index contributed by atoms with van der Waals surface area (Å²) in [5.74, 6) is -0.270. The normalized spacial score (nSPS) is 16.3. The van der Waals surface area contributed by atoms with Crippen LogP contribution < -0.4 is 24.8 Å². The summed E-state index contributed by atoms with van der Waals surface area (Å²) in [6.45, 7) is 0. The van der Waals surface area contributed by atoms with E-state index < -0.39 is 0 Å². The van der Waals surface area contributed by atoms with Crippen molar-refractivity contribution in [3.63, 3.8) is 0 Å². The Labute approximate surface area is 105 Å². The van der Waals surface area contributed by atoms with E-state index >= 15 is 0 Å². The van der Waals surface area contributed by atoms with Gasteiger partial charge in [-0.3, -0.25) is 0 Å². The second kappa shape index (κ2) is 10.0. The predicted octanol–water partition coefficient (Wildman–Crippen LogP) is -3.85. The molecule has 1 amide bonds. The molecule has 0 unspecified atom stereocenters. The first kappa shape index (κ1) is 18.7. The first-order valence-corrected chi connectivity index (χ1v) is 3.56. The van der Waals surface area contributed by atoms with E-state index in [1.807, 2.05) is 0 Å². The van der Waals surface area contributed by atoms with Gasteiger partial charge in [-0.15, -0.1) is 0 Å². The molecule has 0 heterocycles. The minimum atomic E-state index is -0.352. The summed E-state index contributed by atoms with van der Waals surface area (Å²) >= 11 is 0. The molecule has 0 bridgehead atoms. The molecule has 1 fully saturated rings. The zero-order valence-corrected chi connectivity index (χ0v) is 11.9. The molecule has 2 nitrogen and oxygen atoms in total. The summed E-state index contributed by atoms with van der Waals surface area (Å²) in [5.41, 5.74) is 6.83. The summed E-state index contributed by atoms with van der Waals surface area (Å²) in [6, 6.07) is 0. The van der Waals surface area contributed by atoms with Crippen molar-refractivity contribution < 1.29 is 55.5 Å². The molecule has 1 rings (SSSR count). The Bertz CT molecular complexity index is 118. The third kappa shape index (κ3) is 6.44. The quantitative estimate of drug-likeness (QED) is 0.433. The zero-order valence-electron chi connectivity index (χ0n) is 6.78. The van der Waals surface area contributed by atoms with Crippen molar-refractivity contribution in [3.8, 4) is 0 Å². The predicted molar refractivity (Wildman–Crippen MR) is 35.9 cm³/mol. The van der Waals surface area contributed by atoms with Crippen molar-refractivity contribution in [2.24, 2.45) is 5.92 Å². The molecule has 1 aliphatic rings. The molecule has 0 atom stereocenters. The Morgan fingerprint density at radius 2 is 1.50 bits per heavy atom.